The van der Waals surface area contributed by atoms with Crippen LogP contribution in [0.5, 0.6) is 0 Å². The zero-order chi connectivity index (χ0) is 14.4. The average molecular weight is 289 g/mol. The van der Waals surface area contributed by atoms with E-state index in [1.807, 2.05) is 6.07 Å². The van der Waals surface area contributed by atoms with Crippen LogP contribution in [0.3, 0.4) is 0 Å². The molecule has 1 aromatic carbocycles. The number of furan rings is 1. The first-order valence-electron chi connectivity index (χ1n) is 6.15. The summed E-state index contributed by atoms with van der Waals surface area (Å²) >= 11 is 5.81. The van der Waals surface area contributed by atoms with Crippen LogP contribution < -0.4 is 0 Å². The van der Waals surface area contributed by atoms with Gasteiger partial charge in [0.25, 0.3) is 5.91 Å². The second kappa shape index (κ2) is 6.78. The highest BCUT2D eigenvalue weighted by Crippen LogP contribution is 2.14. The Balaban J connectivity index is 2.15. The number of carbonyl (C=O) groups is 1. The SMILES string of the molecule is N#CCCN(Cc1ccco1)C(=O)c1ccc(Cl)cc1. The molecular weight excluding hydrogens is 276 g/mol. The molecule has 0 aliphatic rings. The topological polar surface area (TPSA) is 57.2 Å². The Bertz CT molecular complexity index is 600. The summed E-state index contributed by atoms with van der Waals surface area (Å²) in [7, 11) is 0. The van der Waals surface area contributed by atoms with Crippen molar-refractivity contribution >= 4 is 17.5 Å². The molecule has 1 heterocycles. The minimum atomic E-state index is -0.145. The third-order valence-electron chi connectivity index (χ3n) is 2.80. The van der Waals surface area contributed by atoms with Gasteiger partial charge in [-0.2, -0.15) is 5.26 Å². The van der Waals surface area contributed by atoms with E-state index in [4.69, 9.17) is 21.3 Å². The summed E-state index contributed by atoms with van der Waals surface area (Å²) in [6.07, 6.45) is 1.84. The maximum atomic E-state index is 12.4. The second-order valence-corrected chi connectivity index (χ2v) is 4.66. The number of hydrogen-bond acceptors (Lipinski definition) is 3. The fourth-order valence-electron chi connectivity index (χ4n) is 1.80. The second-order valence-electron chi connectivity index (χ2n) is 4.22. The Hall–Kier alpha value is -2.25. The van der Waals surface area contributed by atoms with Crippen LogP contribution in [-0.4, -0.2) is 17.4 Å². The Morgan fingerprint density at radius 2 is 2.05 bits per heavy atom. The molecule has 102 valence electrons. The lowest BCUT2D eigenvalue weighted by Crippen LogP contribution is -2.31. The lowest BCUT2D eigenvalue weighted by atomic mass is 10.2. The number of hydrogen-bond donors (Lipinski definition) is 0. The van der Waals surface area contributed by atoms with Gasteiger partial charge in [0.15, 0.2) is 0 Å². The number of rotatable bonds is 5. The summed E-state index contributed by atoms with van der Waals surface area (Å²) in [6, 6.07) is 12.3. The van der Waals surface area contributed by atoms with E-state index in [1.165, 1.54) is 0 Å². The summed E-state index contributed by atoms with van der Waals surface area (Å²) in [5.41, 5.74) is 0.541. The minimum absolute atomic E-state index is 0.145. The van der Waals surface area contributed by atoms with Gasteiger partial charge in [-0.25, -0.2) is 0 Å². The highest BCUT2D eigenvalue weighted by Gasteiger charge is 2.16. The number of nitriles is 1. The van der Waals surface area contributed by atoms with Crippen molar-refractivity contribution in [3.8, 4) is 6.07 Å². The van der Waals surface area contributed by atoms with E-state index in [-0.39, 0.29) is 12.3 Å². The monoisotopic (exact) mass is 288 g/mol. The van der Waals surface area contributed by atoms with Gasteiger partial charge in [0.2, 0.25) is 0 Å². The molecular formula is C15H13ClN2O2. The van der Waals surface area contributed by atoms with Crippen molar-refractivity contribution in [2.75, 3.05) is 6.54 Å². The Kier molecular flexibility index (Phi) is 4.80. The number of nitrogens with zero attached hydrogens (tertiary/aromatic N) is 2. The first-order valence-corrected chi connectivity index (χ1v) is 6.52. The third kappa shape index (κ3) is 3.62. The van der Waals surface area contributed by atoms with E-state index in [2.05, 4.69) is 0 Å². The number of amides is 1. The number of carbonyl (C=O) groups excluding carboxylic acids is 1. The zero-order valence-corrected chi connectivity index (χ0v) is 11.5. The van der Waals surface area contributed by atoms with Gasteiger partial charge in [-0.3, -0.25) is 4.79 Å². The van der Waals surface area contributed by atoms with Crippen molar-refractivity contribution < 1.29 is 9.21 Å². The Morgan fingerprint density at radius 3 is 2.65 bits per heavy atom. The van der Waals surface area contributed by atoms with Gasteiger partial charge < -0.3 is 9.32 Å². The maximum Gasteiger partial charge on any atom is 0.254 e. The fourth-order valence-corrected chi connectivity index (χ4v) is 1.93. The fraction of sp³-hybridized carbons (Fsp3) is 0.200. The van der Waals surface area contributed by atoms with E-state index in [0.29, 0.717) is 29.4 Å². The predicted octanol–water partition coefficient (Wildman–Crippen LogP) is 3.49. The van der Waals surface area contributed by atoms with E-state index >= 15 is 0 Å². The third-order valence-corrected chi connectivity index (χ3v) is 3.05. The summed E-state index contributed by atoms with van der Waals surface area (Å²) in [5.74, 6) is 0.540. The van der Waals surface area contributed by atoms with Crippen molar-refractivity contribution in [2.45, 2.75) is 13.0 Å². The molecule has 20 heavy (non-hydrogen) atoms. The lowest BCUT2D eigenvalue weighted by molar-refractivity contribution is 0.0735. The molecule has 0 aliphatic heterocycles. The quantitative estimate of drug-likeness (QED) is 0.846. The van der Waals surface area contributed by atoms with Gasteiger partial charge in [-0.15, -0.1) is 0 Å². The van der Waals surface area contributed by atoms with Crippen LogP contribution in [0.2, 0.25) is 5.02 Å². The van der Waals surface area contributed by atoms with Crippen LogP contribution >= 0.6 is 11.6 Å². The molecule has 0 bridgehead atoms. The van der Waals surface area contributed by atoms with Gasteiger partial charge >= 0.3 is 0 Å². The molecule has 0 radical (unpaired) electrons. The van der Waals surface area contributed by atoms with E-state index in [0.717, 1.165) is 0 Å². The minimum Gasteiger partial charge on any atom is -0.467 e. The number of halogens is 1. The molecule has 0 fully saturated rings. The molecule has 0 unspecified atom stereocenters. The largest absolute Gasteiger partial charge is 0.467 e. The van der Waals surface area contributed by atoms with Crippen molar-refractivity contribution in [3.05, 3.63) is 59.0 Å². The van der Waals surface area contributed by atoms with Crippen molar-refractivity contribution in [1.29, 1.82) is 5.26 Å². The van der Waals surface area contributed by atoms with Crippen LogP contribution in [0, 0.1) is 11.3 Å². The molecule has 2 aromatic rings. The molecule has 0 N–H and O–H groups in total. The summed E-state index contributed by atoms with van der Waals surface area (Å²) in [6.45, 7) is 0.703. The smallest absolute Gasteiger partial charge is 0.254 e. The molecule has 0 saturated heterocycles. The normalized spacial score (nSPS) is 10.0. The van der Waals surface area contributed by atoms with E-state index in [1.54, 1.807) is 47.6 Å². The van der Waals surface area contributed by atoms with Crippen LogP contribution in [-0.2, 0) is 6.54 Å². The maximum absolute atomic E-state index is 12.4. The van der Waals surface area contributed by atoms with Crippen molar-refractivity contribution in [2.24, 2.45) is 0 Å². The molecule has 2 rings (SSSR count). The molecule has 0 saturated carbocycles. The Morgan fingerprint density at radius 1 is 1.30 bits per heavy atom. The molecule has 1 amide bonds. The highest BCUT2D eigenvalue weighted by atomic mass is 35.5. The zero-order valence-electron chi connectivity index (χ0n) is 10.8. The van der Waals surface area contributed by atoms with Crippen LogP contribution in [0.1, 0.15) is 22.5 Å². The van der Waals surface area contributed by atoms with Crippen LogP contribution in [0.15, 0.2) is 47.1 Å². The molecule has 0 aliphatic carbocycles. The van der Waals surface area contributed by atoms with Crippen molar-refractivity contribution in [3.63, 3.8) is 0 Å². The number of benzene rings is 1. The summed E-state index contributed by atoms with van der Waals surface area (Å²) in [5, 5.41) is 9.28. The van der Waals surface area contributed by atoms with Crippen molar-refractivity contribution in [1.82, 2.24) is 4.90 Å². The Labute approximate surface area is 122 Å². The van der Waals surface area contributed by atoms with E-state index < -0.39 is 0 Å². The summed E-state index contributed by atoms with van der Waals surface area (Å²) in [4.78, 5) is 14.0. The first kappa shape index (κ1) is 14.2. The molecule has 0 atom stereocenters. The predicted molar refractivity (Wildman–Crippen MR) is 75.1 cm³/mol. The summed E-state index contributed by atoms with van der Waals surface area (Å²) < 4.78 is 5.25. The lowest BCUT2D eigenvalue weighted by Gasteiger charge is -2.20. The van der Waals surface area contributed by atoms with Gasteiger partial charge in [0.05, 0.1) is 25.3 Å². The molecule has 1 aromatic heterocycles. The average Bonchev–Trinajstić information content (AvgIpc) is 2.96. The van der Waals surface area contributed by atoms with E-state index in [9.17, 15) is 4.79 Å². The first-order chi connectivity index (χ1) is 9.70. The van der Waals surface area contributed by atoms with Gasteiger partial charge in [-0.05, 0) is 36.4 Å². The highest BCUT2D eigenvalue weighted by molar-refractivity contribution is 6.30. The van der Waals surface area contributed by atoms with Gasteiger partial charge in [-0.1, -0.05) is 11.6 Å². The molecule has 5 heteroatoms. The van der Waals surface area contributed by atoms with Gasteiger partial charge in [0.1, 0.15) is 5.76 Å². The molecule has 4 nitrogen and oxygen atoms in total. The standard InChI is InChI=1S/C15H13ClN2O2/c16-13-6-4-12(5-7-13)15(19)18(9-2-8-17)11-14-3-1-10-20-14/h1,3-7,10H,2,9,11H2. The van der Waals surface area contributed by atoms with Crippen LogP contribution in [0.4, 0.5) is 0 Å². The molecule has 0 spiro atoms. The van der Waals surface area contributed by atoms with Gasteiger partial charge in [0, 0.05) is 17.1 Å². The van der Waals surface area contributed by atoms with Crippen LogP contribution in [0.25, 0.3) is 0 Å².